The number of hydrogen-bond donors (Lipinski definition) is 7. The van der Waals surface area contributed by atoms with Crippen molar-refractivity contribution in [2.45, 2.75) is 42.7 Å². The van der Waals surface area contributed by atoms with E-state index in [0.717, 1.165) is 0 Å². The Morgan fingerprint density at radius 1 is 1.16 bits per heavy atom. The van der Waals surface area contributed by atoms with Crippen LogP contribution in [0, 0.1) is 0 Å². The highest BCUT2D eigenvalue weighted by Crippen LogP contribution is 2.18. The van der Waals surface area contributed by atoms with E-state index in [1.54, 1.807) is 0 Å². The van der Waals surface area contributed by atoms with Gasteiger partial charge in [0.05, 0.1) is 13.2 Å². The highest BCUT2D eigenvalue weighted by molar-refractivity contribution is 5.88. The molecule has 0 aromatic heterocycles. The molecule has 112 valence electrons. The Hall–Kier alpha value is -0.650. The minimum absolute atomic E-state index is 0.431. The molecule has 1 aliphatic heterocycles. The normalized spacial score (nSPS) is 36.6. The number of rotatable bonds is 5. The van der Waals surface area contributed by atoms with Crippen molar-refractivity contribution in [3.63, 3.8) is 0 Å². The van der Waals surface area contributed by atoms with Crippen LogP contribution in [0.4, 0.5) is 0 Å². The lowest BCUT2D eigenvalue weighted by Gasteiger charge is -2.35. The second kappa shape index (κ2) is 6.68. The third kappa shape index (κ3) is 3.46. The maximum atomic E-state index is 11.7. The van der Waals surface area contributed by atoms with Crippen molar-refractivity contribution in [2.75, 3.05) is 13.2 Å². The van der Waals surface area contributed by atoms with E-state index in [0.29, 0.717) is 0 Å². The van der Waals surface area contributed by atoms with E-state index in [-0.39, 0.29) is 0 Å². The largest absolute Gasteiger partial charge is 0.394 e. The molecule has 1 fully saturated rings. The summed E-state index contributed by atoms with van der Waals surface area (Å²) in [4.78, 5) is 11.7. The topological polar surface area (TPSA) is 168 Å². The molecule has 0 amide bonds. The zero-order chi connectivity index (χ0) is 14.7. The van der Waals surface area contributed by atoms with Gasteiger partial charge in [0, 0.05) is 0 Å². The van der Waals surface area contributed by atoms with Crippen molar-refractivity contribution in [3.05, 3.63) is 0 Å². The molecular formula is C10H18O9. The van der Waals surface area contributed by atoms with Crippen LogP contribution in [-0.4, -0.2) is 97.5 Å². The van der Waals surface area contributed by atoms with Gasteiger partial charge in [-0.2, -0.15) is 0 Å². The van der Waals surface area contributed by atoms with Crippen LogP contribution in [0.2, 0.25) is 0 Å². The van der Waals surface area contributed by atoms with E-state index in [9.17, 15) is 30.3 Å². The third-order valence-corrected chi connectivity index (χ3v) is 2.98. The molecule has 1 aliphatic rings. The Morgan fingerprint density at radius 3 is 2.26 bits per heavy atom. The lowest BCUT2D eigenvalue weighted by atomic mass is 9.92. The lowest BCUT2D eigenvalue weighted by molar-refractivity contribution is -0.199. The van der Waals surface area contributed by atoms with Crippen LogP contribution in [0.5, 0.6) is 0 Å². The van der Waals surface area contributed by atoms with Crippen molar-refractivity contribution < 1.29 is 45.3 Å². The number of hydrogen-bond acceptors (Lipinski definition) is 9. The van der Waals surface area contributed by atoms with Crippen molar-refractivity contribution >= 4 is 5.78 Å². The van der Waals surface area contributed by atoms with E-state index in [1.165, 1.54) is 0 Å². The molecule has 0 radical (unpaired) electrons. The van der Waals surface area contributed by atoms with Crippen molar-refractivity contribution in [1.82, 2.24) is 0 Å². The van der Waals surface area contributed by atoms with Gasteiger partial charge >= 0.3 is 0 Å². The Kier molecular flexibility index (Phi) is 5.77. The van der Waals surface area contributed by atoms with Gasteiger partial charge < -0.3 is 40.5 Å². The fourth-order valence-electron chi connectivity index (χ4n) is 1.71. The van der Waals surface area contributed by atoms with Gasteiger partial charge in [-0.1, -0.05) is 0 Å². The standard InChI is InChI=1S/C10H18O9/c11-1-3(12)5(14)7(16)9(18)10-8(17)6(15)4(13)2-19-10/h3-8,10-17H,1-2H2/t3-,4-,5+,6-,7-,8+,10?/m1/s1. The van der Waals surface area contributed by atoms with Crippen LogP contribution in [0.15, 0.2) is 0 Å². The number of Topliss-reactive ketones (excluding diaryl/α,β-unsaturated/α-hetero) is 1. The first-order valence-corrected chi connectivity index (χ1v) is 5.65. The highest BCUT2D eigenvalue weighted by atomic mass is 16.5. The molecule has 1 unspecified atom stereocenters. The zero-order valence-corrected chi connectivity index (χ0v) is 9.90. The fraction of sp³-hybridized carbons (Fsp3) is 0.900. The Balaban J connectivity index is 2.72. The maximum absolute atomic E-state index is 11.7. The summed E-state index contributed by atoms with van der Waals surface area (Å²) in [6.07, 6.45) is -12.2. The Morgan fingerprint density at radius 2 is 1.74 bits per heavy atom. The second-order valence-corrected chi connectivity index (χ2v) is 4.39. The van der Waals surface area contributed by atoms with Crippen LogP contribution >= 0.6 is 0 Å². The van der Waals surface area contributed by atoms with Crippen molar-refractivity contribution in [1.29, 1.82) is 0 Å². The van der Waals surface area contributed by atoms with Crippen LogP contribution in [-0.2, 0) is 9.53 Å². The second-order valence-electron chi connectivity index (χ2n) is 4.39. The van der Waals surface area contributed by atoms with Crippen LogP contribution in [0.1, 0.15) is 0 Å². The smallest absolute Gasteiger partial charge is 0.195 e. The molecule has 1 saturated heterocycles. The van der Waals surface area contributed by atoms with Gasteiger partial charge in [0.2, 0.25) is 0 Å². The van der Waals surface area contributed by atoms with Gasteiger partial charge in [0.1, 0.15) is 42.7 Å². The monoisotopic (exact) mass is 282 g/mol. The van der Waals surface area contributed by atoms with Gasteiger partial charge in [0.15, 0.2) is 5.78 Å². The summed E-state index contributed by atoms with van der Waals surface area (Å²) in [6.45, 7) is -1.30. The summed E-state index contributed by atoms with van der Waals surface area (Å²) in [5.74, 6) is -1.17. The number of carbonyl (C=O) groups is 1. The first-order valence-electron chi connectivity index (χ1n) is 5.65. The quantitative estimate of drug-likeness (QED) is 0.261. The van der Waals surface area contributed by atoms with Gasteiger partial charge in [-0.05, 0) is 0 Å². The van der Waals surface area contributed by atoms with Crippen LogP contribution < -0.4 is 0 Å². The zero-order valence-electron chi connectivity index (χ0n) is 9.90. The maximum Gasteiger partial charge on any atom is 0.195 e. The minimum atomic E-state index is -2.11. The van der Waals surface area contributed by atoms with E-state index < -0.39 is 61.7 Å². The summed E-state index contributed by atoms with van der Waals surface area (Å²) in [5, 5.41) is 64.7. The molecule has 0 aromatic carbocycles. The summed E-state index contributed by atoms with van der Waals surface area (Å²) in [7, 11) is 0. The summed E-state index contributed by atoms with van der Waals surface area (Å²) in [6, 6.07) is 0. The minimum Gasteiger partial charge on any atom is -0.394 e. The molecule has 0 saturated carbocycles. The number of ketones is 1. The van der Waals surface area contributed by atoms with Crippen LogP contribution in [0.3, 0.4) is 0 Å². The van der Waals surface area contributed by atoms with Crippen molar-refractivity contribution in [3.8, 4) is 0 Å². The average Bonchev–Trinajstić information content (AvgIpc) is 2.41. The summed E-state index contributed by atoms with van der Waals surface area (Å²) >= 11 is 0. The highest BCUT2D eigenvalue weighted by Gasteiger charge is 2.45. The number of ether oxygens (including phenoxy) is 1. The predicted octanol–water partition coefficient (Wildman–Crippen LogP) is -4.89. The molecule has 0 spiro atoms. The Labute approximate surface area is 108 Å². The molecule has 7 atom stereocenters. The van der Waals surface area contributed by atoms with E-state index in [1.807, 2.05) is 0 Å². The molecule has 1 rings (SSSR count). The molecule has 0 bridgehead atoms. The van der Waals surface area contributed by atoms with E-state index in [4.69, 9.17) is 14.9 Å². The van der Waals surface area contributed by atoms with E-state index >= 15 is 0 Å². The number of aliphatic hydroxyl groups is 7. The van der Waals surface area contributed by atoms with Gasteiger partial charge in [-0.25, -0.2) is 0 Å². The van der Waals surface area contributed by atoms with Crippen LogP contribution in [0.25, 0.3) is 0 Å². The van der Waals surface area contributed by atoms with E-state index in [2.05, 4.69) is 0 Å². The molecule has 1 heterocycles. The van der Waals surface area contributed by atoms with Gasteiger partial charge in [0.25, 0.3) is 0 Å². The molecule has 9 heteroatoms. The fourth-order valence-corrected chi connectivity index (χ4v) is 1.71. The lowest BCUT2D eigenvalue weighted by Crippen LogP contribution is -2.59. The van der Waals surface area contributed by atoms with Gasteiger partial charge in [-0.15, -0.1) is 0 Å². The van der Waals surface area contributed by atoms with Crippen molar-refractivity contribution in [2.24, 2.45) is 0 Å². The van der Waals surface area contributed by atoms with Gasteiger partial charge in [-0.3, -0.25) is 4.79 Å². The first-order chi connectivity index (χ1) is 8.81. The predicted molar refractivity (Wildman–Crippen MR) is 57.9 cm³/mol. The SMILES string of the molecule is O=C(C1OC[C@@H](O)[C@@H](O)[C@@H]1O)[C@H](O)[C@@H](O)[C@H](O)CO. The molecule has 19 heavy (non-hydrogen) atoms. The molecular weight excluding hydrogens is 264 g/mol. The third-order valence-electron chi connectivity index (χ3n) is 2.98. The summed E-state index contributed by atoms with van der Waals surface area (Å²) in [5.41, 5.74) is 0. The average molecular weight is 282 g/mol. The molecule has 0 aromatic rings. The molecule has 0 aliphatic carbocycles. The molecule has 7 N–H and O–H groups in total. The Bertz CT molecular complexity index is 309. The number of aliphatic hydroxyl groups excluding tert-OH is 7. The molecule has 9 nitrogen and oxygen atoms in total. The summed E-state index contributed by atoms with van der Waals surface area (Å²) < 4.78 is 4.79. The first kappa shape index (κ1) is 16.4. The number of carbonyl (C=O) groups excluding carboxylic acids is 1.